The summed E-state index contributed by atoms with van der Waals surface area (Å²) in [4.78, 5) is 0. The Hall–Kier alpha value is -2.60. The predicted molar refractivity (Wildman–Crippen MR) is 120 cm³/mol. The van der Waals surface area contributed by atoms with Gasteiger partial charge in [0.05, 0.1) is 0 Å². The van der Waals surface area contributed by atoms with Crippen molar-refractivity contribution >= 4 is 0 Å². The first-order valence-corrected chi connectivity index (χ1v) is 9.29. The molecule has 0 bridgehead atoms. The molecule has 29 heavy (non-hydrogen) atoms. The van der Waals surface area contributed by atoms with Crippen LogP contribution in [0.3, 0.4) is 0 Å². The van der Waals surface area contributed by atoms with Crippen LogP contribution in [0.25, 0.3) is 0 Å². The van der Waals surface area contributed by atoms with E-state index in [1.165, 1.54) is 22.3 Å². The monoisotopic (exact) mass is 420 g/mol. The summed E-state index contributed by atoms with van der Waals surface area (Å²) >= 11 is 0. The largest absolute Gasteiger partial charge is 4.00 e. The predicted octanol–water partition coefficient (Wildman–Crippen LogP) is 7.18. The van der Waals surface area contributed by atoms with E-state index in [1.54, 1.807) is 0 Å². The SMILES string of the molecule is Cc1cc[c-]cc1.Cc1cc[c-]cc1.Cc1cc[c-]cc1.Cc1cc[c-]cc1.[Fe+4]. The van der Waals surface area contributed by atoms with E-state index in [4.69, 9.17) is 0 Å². The number of benzene rings is 4. The second-order valence-electron chi connectivity index (χ2n) is 6.31. The van der Waals surface area contributed by atoms with Crippen molar-refractivity contribution in [3.8, 4) is 0 Å². The third-order valence-electron chi connectivity index (χ3n) is 3.54. The molecular weight excluding hydrogens is 392 g/mol. The molecule has 0 aliphatic heterocycles. The summed E-state index contributed by atoms with van der Waals surface area (Å²) in [6.07, 6.45) is 0. The summed E-state index contributed by atoms with van der Waals surface area (Å²) < 4.78 is 0. The average molecular weight is 420 g/mol. The maximum atomic E-state index is 2.93. The van der Waals surface area contributed by atoms with Crippen LogP contribution in [0.5, 0.6) is 0 Å². The molecule has 0 radical (unpaired) electrons. The molecule has 0 saturated carbocycles. The molecule has 0 fully saturated rings. The van der Waals surface area contributed by atoms with Gasteiger partial charge in [-0.1, -0.05) is 27.7 Å². The first-order valence-electron chi connectivity index (χ1n) is 9.29. The average Bonchev–Trinajstić information content (AvgIpc) is 2.72. The van der Waals surface area contributed by atoms with Gasteiger partial charge in [-0.05, 0) is 0 Å². The van der Waals surface area contributed by atoms with E-state index in [1.807, 2.05) is 97.1 Å². The Bertz CT molecular complexity index is 676. The minimum absolute atomic E-state index is 0. The van der Waals surface area contributed by atoms with E-state index >= 15 is 0 Å². The van der Waals surface area contributed by atoms with Crippen molar-refractivity contribution in [2.75, 3.05) is 0 Å². The summed E-state index contributed by atoms with van der Waals surface area (Å²) in [6, 6.07) is 43.3. The van der Waals surface area contributed by atoms with E-state index in [0.717, 1.165) is 0 Å². The number of rotatable bonds is 0. The van der Waals surface area contributed by atoms with Crippen LogP contribution in [0.4, 0.5) is 0 Å². The molecule has 0 saturated heterocycles. The van der Waals surface area contributed by atoms with Gasteiger partial charge in [-0.25, -0.2) is 0 Å². The van der Waals surface area contributed by atoms with Crippen LogP contribution < -0.4 is 0 Å². The molecule has 1 heteroatoms. The van der Waals surface area contributed by atoms with Gasteiger partial charge >= 0.3 is 17.1 Å². The van der Waals surface area contributed by atoms with Gasteiger partial charge < -0.3 is 0 Å². The van der Waals surface area contributed by atoms with Crippen molar-refractivity contribution in [2.24, 2.45) is 0 Å². The van der Waals surface area contributed by atoms with Gasteiger partial charge in [0.25, 0.3) is 0 Å². The van der Waals surface area contributed by atoms with Crippen molar-refractivity contribution in [3.63, 3.8) is 0 Å². The fourth-order valence-corrected chi connectivity index (χ4v) is 1.88. The standard InChI is InChI=1S/4C7H7.Fe/c4*1-7-5-3-2-4-6-7;/h4*3-6H,1H3;/q4*-1;+4. The van der Waals surface area contributed by atoms with Crippen LogP contribution >= 0.6 is 0 Å². The normalized spacial score (nSPS) is 8.41. The second kappa shape index (κ2) is 17.5. The van der Waals surface area contributed by atoms with Crippen molar-refractivity contribution in [1.29, 1.82) is 0 Å². The molecule has 0 aliphatic rings. The topological polar surface area (TPSA) is 0 Å². The molecule has 0 atom stereocenters. The Balaban J connectivity index is 0.000000356. The Kier molecular flexibility index (Phi) is 15.9. The smallest absolute Gasteiger partial charge is 0.184 e. The molecular formula is C28H28Fe. The zero-order chi connectivity index (χ0) is 20.5. The van der Waals surface area contributed by atoms with Crippen LogP contribution in [0.15, 0.2) is 97.1 Å². The molecule has 0 heterocycles. The van der Waals surface area contributed by atoms with Crippen LogP contribution in [-0.2, 0) is 17.1 Å². The zero-order valence-corrected chi connectivity index (χ0v) is 18.7. The van der Waals surface area contributed by atoms with Crippen LogP contribution in [-0.4, -0.2) is 0 Å². The van der Waals surface area contributed by atoms with Crippen molar-refractivity contribution in [1.82, 2.24) is 0 Å². The van der Waals surface area contributed by atoms with Gasteiger partial charge in [0.1, 0.15) is 0 Å². The molecule has 0 amide bonds. The Morgan fingerprint density at radius 1 is 0.345 bits per heavy atom. The molecule has 0 spiro atoms. The Morgan fingerprint density at radius 3 is 0.552 bits per heavy atom. The van der Waals surface area contributed by atoms with Gasteiger partial charge in [-0.15, -0.1) is 0 Å². The van der Waals surface area contributed by atoms with Crippen LogP contribution in [0.2, 0.25) is 0 Å². The molecule has 4 aromatic carbocycles. The summed E-state index contributed by atoms with van der Waals surface area (Å²) in [5, 5.41) is 0. The maximum absolute atomic E-state index is 2.93. The fraction of sp³-hybridized carbons (Fsp3) is 0.143. The van der Waals surface area contributed by atoms with E-state index in [0.29, 0.717) is 0 Å². The molecule has 148 valence electrons. The third kappa shape index (κ3) is 16.1. The fourth-order valence-electron chi connectivity index (χ4n) is 1.88. The molecule has 0 aromatic heterocycles. The first kappa shape index (κ1) is 26.4. The van der Waals surface area contributed by atoms with E-state index in [9.17, 15) is 0 Å². The third-order valence-corrected chi connectivity index (χ3v) is 3.54. The van der Waals surface area contributed by atoms with Crippen molar-refractivity contribution in [3.05, 3.63) is 144 Å². The van der Waals surface area contributed by atoms with Gasteiger partial charge in [-0.3, -0.25) is 0 Å². The van der Waals surface area contributed by atoms with Crippen LogP contribution in [0.1, 0.15) is 22.3 Å². The summed E-state index contributed by atoms with van der Waals surface area (Å²) in [6.45, 7) is 8.25. The number of hydrogen-bond acceptors (Lipinski definition) is 0. The van der Waals surface area contributed by atoms with E-state index in [2.05, 4.69) is 52.0 Å². The molecule has 4 aromatic rings. The Morgan fingerprint density at radius 2 is 0.483 bits per heavy atom. The van der Waals surface area contributed by atoms with E-state index in [-0.39, 0.29) is 17.1 Å². The molecule has 4 rings (SSSR count). The summed E-state index contributed by atoms with van der Waals surface area (Å²) in [5.74, 6) is 0. The van der Waals surface area contributed by atoms with Crippen molar-refractivity contribution < 1.29 is 17.1 Å². The molecule has 0 unspecified atom stereocenters. The molecule has 0 nitrogen and oxygen atoms in total. The van der Waals surface area contributed by atoms with Crippen LogP contribution in [0, 0.1) is 52.0 Å². The Labute approximate surface area is 188 Å². The van der Waals surface area contributed by atoms with Gasteiger partial charge in [0.15, 0.2) is 0 Å². The quantitative estimate of drug-likeness (QED) is 0.209. The molecule has 0 N–H and O–H groups in total. The second-order valence-corrected chi connectivity index (χ2v) is 6.31. The first-order chi connectivity index (χ1) is 13.6. The number of aryl methyl sites for hydroxylation is 4. The van der Waals surface area contributed by atoms with Gasteiger partial charge in [0, 0.05) is 0 Å². The summed E-state index contributed by atoms with van der Waals surface area (Å²) in [5.41, 5.74) is 5.16. The maximum Gasteiger partial charge on any atom is 4.00 e. The van der Waals surface area contributed by atoms with Crippen molar-refractivity contribution in [2.45, 2.75) is 27.7 Å². The molecule has 0 aliphatic carbocycles. The van der Waals surface area contributed by atoms with Gasteiger partial charge in [0.2, 0.25) is 0 Å². The summed E-state index contributed by atoms with van der Waals surface area (Å²) in [7, 11) is 0. The minimum atomic E-state index is 0. The van der Waals surface area contributed by atoms with Gasteiger partial charge in [-0.2, -0.15) is 144 Å². The zero-order valence-electron chi connectivity index (χ0n) is 17.6. The van der Waals surface area contributed by atoms with E-state index < -0.39 is 0 Å². The number of hydrogen-bond donors (Lipinski definition) is 0. The minimum Gasteiger partial charge on any atom is -0.184 e.